The van der Waals surface area contributed by atoms with Crippen LogP contribution in [0.5, 0.6) is 0 Å². The molecule has 0 unspecified atom stereocenters. The Bertz CT molecular complexity index is 169. The number of rotatable bonds is 1. The zero-order chi connectivity index (χ0) is 5.98. The molecule has 1 aromatic heterocycles. The minimum Gasteiger partial charge on any atom is -0.364 e. The van der Waals surface area contributed by atoms with Crippen LogP contribution in [-0.4, -0.2) is 5.16 Å². The monoisotopic (exact) mass is 110 g/mol. The fourth-order valence-electron chi connectivity index (χ4n) is 0.553. The predicted octanol–water partition coefficient (Wildman–Crippen LogP) is 1.36. The zero-order valence-corrected chi connectivity index (χ0v) is 4.85. The summed E-state index contributed by atoms with van der Waals surface area (Å²) < 4.78 is 4.65. The first-order valence-corrected chi connectivity index (χ1v) is 2.53. The lowest BCUT2D eigenvalue weighted by molar-refractivity contribution is 0.414. The van der Waals surface area contributed by atoms with Gasteiger partial charge in [-0.3, -0.25) is 0 Å². The molecule has 2 heteroatoms. The van der Waals surface area contributed by atoms with Crippen LogP contribution in [0.1, 0.15) is 11.3 Å². The molecule has 0 amide bonds. The average molecular weight is 110 g/mol. The summed E-state index contributed by atoms with van der Waals surface area (Å²) in [4.78, 5) is 0. The lowest BCUT2D eigenvalue weighted by Crippen LogP contribution is -1.78. The van der Waals surface area contributed by atoms with Gasteiger partial charge in [-0.05, 0) is 20.3 Å². The van der Waals surface area contributed by atoms with Gasteiger partial charge in [0.15, 0.2) is 0 Å². The number of aromatic nitrogens is 1. The molecule has 0 N–H and O–H groups in total. The third-order valence-electron chi connectivity index (χ3n) is 1.12. The summed E-state index contributed by atoms with van der Waals surface area (Å²) in [6.07, 6.45) is 2.39. The summed E-state index contributed by atoms with van der Waals surface area (Å²) in [7, 11) is 0. The van der Waals surface area contributed by atoms with E-state index >= 15 is 0 Å². The largest absolute Gasteiger partial charge is 0.364 e. The quantitative estimate of drug-likeness (QED) is 0.545. The summed E-state index contributed by atoms with van der Waals surface area (Å²) in [6.45, 7) is 5.60. The van der Waals surface area contributed by atoms with E-state index in [-0.39, 0.29) is 0 Å². The maximum Gasteiger partial charge on any atom is 0.127 e. The average Bonchev–Trinajstić information content (AvgIpc) is 2.14. The van der Waals surface area contributed by atoms with Crippen LogP contribution in [0.2, 0.25) is 0 Å². The molecule has 1 radical (unpaired) electrons. The van der Waals surface area contributed by atoms with E-state index in [0.29, 0.717) is 0 Å². The molecule has 0 aliphatic rings. The second-order valence-corrected chi connectivity index (χ2v) is 1.68. The van der Waals surface area contributed by atoms with Crippen molar-refractivity contribution in [2.45, 2.75) is 13.3 Å². The van der Waals surface area contributed by atoms with E-state index in [2.05, 4.69) is 16.6 Å². The minimum atomic E-state index is 0.759. The second kappa shape index (κ2) is 1.99. The highest BCUT2D eigenvalue weighted by molar-refractivity contribution is 5.12. The third kappa shape index (κ3) is 0.735. The first-order valence-electron chi connectivity index (χ1n) is 2.53. The minimum absolute atomic E-state index is 0.759. The number of hydrogen-bond donors (Lipinski definition) is 0. The lowest BCUT2D eigenvalue weighted by Gasteiger charge is -1.82. The molecular formula is C6H8NO. The molecule has 0 bridgehead atoms. The molecule has 0 atom stereocenters. The molecule has 1 aromatic rings. The molecule has 0 saturated carbocycles. The smallest absolute Gasteiger partial charge is 0.127 e. The molecule has 0 spiro atoms. The van der Waals surface area contributed by atoms with Gasteiger partial charge in [-0.1, -0.05) is 5.16 Å². The SMILES string of the molecule is [CH2]Cc1conc1C. The Morgan fingerprint density at radius 1 is 1.88 bits per heavy atom. The van der Waals surface area contributed by atoms with Gasteiger partial charge in [0.2, 0.25) is 0 Å². The molecule has 1 heterocycles. The summed E-state index contributed by atoms with van der Waals surface area (Å²) in [6, 6.07) is 0. The van der Waals surface area contributed by atoms with Gasteiger partial charge in [0.25, 0.3) is 0 Å². The van der Waals surface area contributed by atoms with Gasteiger partial charge in [0.1, 0.15) is 6.26 Å². The molecule has 43 valence electrons. The van der Waals surface area contributed by atoms with Crippen LogP contribution in [0.15, 0.2) is 10.8 Å². The Labute approximate surface area is 48.5 Å². The molecule has 0 saturated heterocycles. The van der Waals surface area contributed by atoms with E-state index in [9.17, 15) is 0 Å². The van der Waals surface area contributed by atoms with Gasteiger partial charge in [0, 0.05) is 5.56 Å². The van der Waals surface area contributed by atoms with Crippen LogP contribution in [0.3, 0.4) is 0 Å². The third-order valence-corrected chi connectivity index (χ3v) is 1.12. The number of hydrogen-bond acceptors (Lipinski definition) is 2. The maximum atomic E-state index is 4.65. The van der Waals surface area contributed by atoms with Crippen molar-refractivity contribution >= 4 is 0 Å². The Morgan fingerprint density at radius 2 is 2.62 bits per heavy atom. The fourth-order valence-corrected chi connectivity index (χ4v) is 0.553. The van der Waals surface area contributed by atoms with Crippen molar-refractivity contribution in [1.29, 1.82) is 0 Å². The van der Waals surface area contributed by atoms with Gasteiger partial charge in [0.05, 0.1) is 5.69 Å². The second-order valence-electron chi connectivity index (χ2n) is 1.68. The van der Waals surface area contributed by atoms with E-state index < -0.39 is 0 Å². The van der Waals surface area contributed by atoms with Crippen molar-refractivity contribution in [2.75, 3.05) is 0 Å². The highest BCUT2D eigenvalue weighted by Crippen LogP contribution is 2.03. The fraction of sp³-hybridized carbons (Fsp3) is 0.333. The predicted molar refractivity (Wildman–Crippen MR) is 30.3 cm³/mol. The maximum absolute atomic E-state index is 4.65. The van der Waals surface area contributed by atoms with E-state index in [1.165, 1.54) is 0 Å². The van der Waals surface area contributed by atoms with Crippen molar-refractivity contribution in [1.82, 2.24) is 5.16 Å². The van der Waals surface area contributed by atoms with Crippen LogP contribution in [0.25, 0.3) is 0 Å². The summed E-state index contributed by atoms with van der Waals surface area (Å²) in [5.41, 5.74) is 2.03. The van der Waals surface area contributed by atoms with Crippen LogP contribution < -0.4 is 0 Å². The van der Waals surface area contributed by atoms with Crippen LogP contribution in [0, 0.1) is 13.8 Å². The summed E-state index contributed by atoms with van der Waals surface area (Å²) in [5, 5.41) is 3.67. The van der Waals surface area contributed by atoms with Crippen LogP contribution in [0.4, 0.5) is 0 Å². The van der Waals surface area contributed by atoms with Gasteiger partial charge < -0.3 is 4.52 Å². The highest BCUT2D eigenvalue weighted by atomic mass is 16.5. The van der Waals surface area contributed by atoms with Crippen molar-refractivity contribution < 1.29 is 4.52 Å². The zero-order valence-electron chi connectivity index (χ0n) is 4.85. The van der Waals surface area contributed by atoms with Crippen molar-refractivity contribution in [3.63, 3.8) is 0 Å². The van der Waals surface area contributed by atoms with Crippen molar-refractivity contribution in [3.8, 4) is 0 Å². The van der Waals surface area contributed by atoms with Gasteiger partial charge >= 0.3 is 0 Å². The van der Waals surface area contributed by atoms with E-state index in [1.54, 1.807) is 6.26 Å². The summed E-state index contributed by atoms with van der Waals surface area (Å²) in [5.74, 6) is 0. The standard InChI is InChI=1S/C6H8NO/c1-3-6-4-8-7-5(6)2/h4H,1,3H2,2H3. The Morgan fingerprint density at radius 3 is 2.88 bits per heavy atom. The molecule has 0 aliphatic heterocycles. The van der Waals surface area contributed by atoms with Gasteiger partial charge in [-0.25, -0.2) is 0 Å². The Balaban J connectivity index is 2.92. The molecule has 1 rings (SSSR count). The Hall–Kier alpha value is -0.790. The van der Waals surface area contributed by atoms with Gasteiger partial charge in [-0.2, -0.15) is 0 Å². The van der Waals surface area contributed by atoms with Crippen LogP contribution >= 0.6 is 0 Å². The number of aryl methyl sites for hydroxylation is 1. The van der Waals surface area contributed by atoms with E-state index in [0.717, 1.165) is 17.7 Å². The molecule has 8 heavy (non-hydrogen) atoms. The lowest BCUT2D eigenvalue weighted by atomic mass is 10.2. The first-order chi connectivity index (χ1) is 3.84. The normalized spacial score (nSPS) is 9.75. The van der Waals surface area contributed by atoms with Crippen molar-refractivity contribution in [2.24, 2.45) is 0 Å². The first kappa shape index (κ1) is 5.35. The molecule has 0 fully saturated rings. The molecule has 0 aromatic carbocycles. The van der Waals surface area contributed by atoms with Crippen molar-refractivity contribution in [3.05, 3.63) is 24.4 Å². The number of nitrogens with zero attached hydrogens (tertiary/aromatic N) is 1. The van der Waals surface area contributed by atoms with Crippen LogP contribution in [-0.2, 0) is 6.42 Å². The summed E-state index contributed by atoms with van der Waals surface area (Å²) >= 11 is 0. The molecule has 2 nitrogen and oxygen atoms in total. The van der Waals surface area contributed by atoms with E-state index in [4.69, 9.17) is 0 Å². The molecule has 0 aliphatic carbocycles. The highest BCUT2D eigenvalue weighted by Gasteiger charge is 1.96. The van der Waals surface area contributed by atoms with E-state index in [1.807, 2.05) is 6.92 Å². The van der Waals surface area contributed by atoms with Gasteiger partial charge in [-0.15, -0.1) is 0 Å². The Kier molecular flexibility index (Phi) is 1.33. The molecular weight excluding hydrogens is 102 g/mol. The topological polar surface area (TPSA) is 26.0 Å².